The van der Waals surface area contributed by atoms with Crippen LogP contribution in [0.25, 0.3) is 11.1 Å². The molecule has 1 fully saturated rings. The first-order valence-corrected chi connectivity index (χ1v) is 12.8. The van der Waals surface area contributed by atoms with Crippen molar-refractivity contribution < 1.29 is 19.4 Å². The van der Waals surface area contributed by atoms with E-state index in [1.807, 2.05) is 57.3 Å². The van der Waals surface area contributed by atoms with Crippen LogP contribution in [0.15, 0.2) is 42.6 Å². The summed E-state index contributed by atoms with van der Waals surface area (Å²) in [5.41, 5.74) is 2.17. The van der Waals surface area contributed by atoms with E-state index in [9.17, 15) is 14.7 Å². The number of aliphatic hydroxyl groups is 1. The number of carbonyl (C=O) groups is 2. The SMILES string of the molecule is C[C@H](CO)N1C[C@H](C)[C@@H](CN(C)C(=O)C2CCCCC2)Oc2ncc(-c3ccccc3)cc2C1=O. The molecule has 1 aliphatic carbocycles. The van der Waals surface area contributed by atoms with Gasteiger partial charge in [-0.15, -0.1) is 0 Å². The lowest BCUT2D eigenvalue weighted by Gasteiger charge is -2.38. The Bertz CT molecular complexity index is 1020. The van der Waals surface area contributed by atoms with Crippen LogP contribution >= 0.6 is 0 Å². The zero-order valence-corrected chi connectivity index (χ0v) is 21.0. The smallest absolute Gasteiger partial charge is 0.259 e. The van der Waals surface area contributed by atoms with Crippen molar-refractivity contribution in [1.29, 1.82) is 0 Å². The molecule has 35 heavy (non-hydrogen) atoms. The van der Waals surface area contributed by atoms with Crippen LogP contribution in [0.2, 0.25) is 0 Å². The summed E-state index contributed by atoms with van der Waals surface area (Å²) in [5, 5.41) is 9.87. The number of hydrogen-bond donors (Lipinski definition) is 1. The second-order valence-electron chi connectivity index (χ2n) is 10.1. The molecule has 7 heteroatoms. The molecule has 0 bridgehead atoms. The number of benzene rings is 1. The first kappa shape index (κ1) is 25.2. The van der Waals surface area contributed by atoms with Gasteiger partial charge in [0.15, 0.2) is 0 Å². The van der Waals surface area contributed by atoms with E-state index in [4.69, 9.17) is 4.74 Å². The average Bonchev–Trinajstić information content (AvgIpc) is 2.90. The van der Waals surface area contributed by atoms with Crippen molar-refractivity contribution in [1.82, 2.24) is 14.8 Å². The van der Waals surface area contributed by atoms with Crippen molar-refractivity contribution in [3.05, 3.63) is 48.2 Å². The number of likely N-dealkylation sites (N-methyl/N-ethyl adjacent to an activating group) is 1. The van der Waals surface area contributed by atoms with Crippen molar-refractivity contribution in [2.24, 2.45) is 11.8 Å². The zero-order valence-electron chi connectivity index (χ0n) is 21.0. The van der Waals surface area contributed by atoms with Crippen molar-refractivity contribution in [3.8, 4) is 17.0 Å². The molecule has 0 spiro atoms. The molecule has 0 radical (unpaired) electrons. The molecule has 2 heterocycles. The Labute approximate surface area is 208 Å². The Balaban J connectivity index is 1.64. The normalized spacial score (nSPS) is 21.9. The van der Waals surface area contributed by atoms with Crippen LogP contribution in [-0.2, 0) is 4.79 Å². The minimum atomic E-state index is -0.349. The predicted molar refractivity (Wildman–Crippen MR) is 135 cm³/mol. The molecule has 1 aliphatic heterocycles. The lowest BCUT2D eigenvalue weighted by Crippen LogP contribution is -2.51. The summed E-state index contributed by atoms with van der Waals surface area (Å²) >= 11 is 0. The largest absolute Gasteiger partial charge is 0.472 e. The molecule has 2 aromatic rings. The minimum absolute atomic E-state index is 0.0571. The summed E-state index contributed by atoms with van der Waals surface area (Å²) in [6.07, 6.45) is 6.72. The van der Waals surface area contributed by atoms with Crippen LogP contribution in [0.1, 0.15) is 56.3 Å². The maximum atomic E-state index is 13.6. The molecule has 7 nitrogen and oxygen atoms in total. The number of amides is 2. The predicted octanol–water partition coefficient (Wildman–Crippen LogP) is 4.01. The van der Waals surface area contributed by atoms with Gasteiger partial charge in [-0.25, -0.2) is 4.98 Å². The number of nitrogens with zero attached hydrogens (tertiary/aromatic N) is 3. The molecule has 1 aromatic carbocycles. The summed E-state index contributed by atoms with van der Waals surface area (Å²) < 4.78 is 6.37. The van der Waals surface area contributed by atoms with E-state index in [0.29, 0.717) is 18.7 Å². The number of pyridine rings is 1. The number of aromatic nitrogens is 1. The van der Waals surface area contributed by atoms with Crippen molar-refractivity contribution in [3.63, 3.8) is 0 Å². The van der Waals surface area contributed by atoms with E-state index in [-0.39, 0.29) is 48.3 Å². The van der Waals surface area contributed by atoms with Gasteiger partial charge in [0.25, 0.3) is 5.91 Å². The Morgan fingerprint density at radius 1 is 1.20 bits per heavy atom. The second-order valence-corrected chi connectivity index (χ2v) is 10.1. The van der Waals surface area contributed by atoms with Crippen molar-refractivity contribution >= 4 is 11.8 Å². The lowest BCUT2D eigenvalue weighted by atomic mass is 9.88. The van der Waals surface area contributed by atoms with Gasteiger partial charge in [-0.05, 0) is 31.4 Å². The van der Waals surface area contributed by atoms with Crippen LogP contribution in [-0.4, -0.2) is 70.6 Å². The Morgan fingerprint density at radius 3 is 2.60 bits per heavy atom. The van der Waals surface area contributed by atoms with Crippen LogP contribution in [0.3, 0.4) is 0 Å². The molecule has 4 rings (SSSR count). The van der Waals surface area contributed by atoms with Crippen molar-refractivity contribution in [2.75, 3.05) is 26.7 Å². The standard InChI is InChI=1S/C28H37N3O4/c1-19-16-31(20(2)18-32)28(34)24-14-23(21-10-6-4-7-11-21)15-29-26(24)35-25(19)17-30(3)27(33)22-12-8-5-9-13-22/h4,6-7,10-11,14-15,19-20,22,25,32H,5,8-9,12-13,16-18H2,1-3H3/t19-,20+,25+/m0/s1. The maximum absolute atomic E-state index is 13.6. The molecule has 0 saturated heterocycles. The van der Waals surface area contributed by atoms with E-state index < -0.39 is 0 Å². The summed E-state index contributed by atoms with van der Waals surface area (Å²) in [6, 6.07) is 11.3. The lowest BCUT2D eigenvalue weighted by molar-refractivity contribution is -0.136. The van der Waals surface area contributed by atoms with Gasteiger partial charge < -0.3 is 19.6 Å². The molecule has 1 N–H and O–H groups in total. The highest BCUT2D eigenvalue weighted by molar-refractivity contribution is 5.98. The highest BCUT2D eigenvalue weighted by atomic mass is 16.5. The molecule has 3 atom stereocenters. The molecule has 2 aliphatic rings. The first-order valence-electron chi connectivity index (χ1n) is 12.8. The fourth-order valence-corrected chi connectivity index (χ4v) is 5.13. The molecule has 1 saturated carbocycles. The van der Waals surface area contributed by atoms with Gasteiger partial charge in [0.05, 0.1) is 19.2 Å². The average molecular weight is 480 g/mol. The zero-order chi connectivity index (χ0) is 24.9. The molecule has 1 aromatic heterocycles. The van der Waals surface area contributed by atoms with Crippen LogP contribution < -0.4 is 4.74 Å². The minimum Gasteiger partial charge on any atom is -0.472 e. The Kier molecular flexibility index (Phi) is 8.06. The van der Waals surface area contributed by atoms with E-state index in [2.05, 4.69) is 4.98 Å². The van der Waals surface area contributed by atoms with Gasteiger partial charge in [-0.2, -0.15) is 0 Å². The van der Waals surface area contributed by atoms with E-state index >= 15 is 0 Å². The van der Waals surface area contributed by atoms with Gasteiger partial charge in [0, 0.05) is 37.2 Å². The van der Waals surface area contributed by atoms with Crippen LogP contribution in [0.5, 0.6) is 5.88 Å². The third-order valence-corrected chi connectivity index (χ3v) is 7.41. The monoisotopic (exact) mass is 479 g/mol. The number of hydrogen-bond acceptors (Lipinski definition) is 5. The number of ether oxygens (including phenoxy) is 1. The fraction of sp³-hybridized carbons (Fsp3) is 0.536. The number of fused-ring (bicyclic) bond motifs is 1. The third-order valence-electron chi connectivity index (χ3n) is 7.41. The second kappa shape index (κ2) is 11.2. The Morgan fingerprint density at radius 2 is 1.91 bits per heavy atom. The summed E-state index contributed by atoms with van der Waals surface area (Å²) in [6.45, 7) is 4.58. The highest BCUT2D eigenvalue weighted by Gasteiger charge is 2.35. The van der Waals surface area contributed by atoms with Crippen LogP contribution in [0.4, 0.5) is 0 Å². The molecule has 2 amide bonds. The van der Waals surface area contributed by atoms with E-state index in [1.54, 1.807) is 16.0 Å². The topological polar surface area (TPSA) is 83.0 Å². The van der Waals surface area contributed by atoms with Crippen molar-refractivity contribution in [2.45, 2.75) is 58.1 Å². The first-order chi connectivity index (χ1) is 16.9. The number of carbonyl (C=O) groups excluding carboxylic acids is 2. The van der Waals surface area contributed by atoms with Gasteiger partial charge in [-0.1, -0.05) is 56.5 Å². The molecule has 188 valence electrons. The van der Waals surface area contributed by atoms with Gasteiger partial charge >= 0.3 is 0 Å². The Hall–Kier alpha value is -2.93. The fourth-order valence-electron chi connectivity index (χ4n) is 5.13. The quantitative estimate of drug-likeness (QED) is 0.677. The highest BCUT2D eigenvalue weighted by Crippen LogP contribution is 2.31. The number of aliphatic hydroxyl groups excluding tert-OH is 1. The maximum Gasteiger partial charge on any atom is 0.259 e. The van der Waals surface area contributed by atoms with E-state index in [1.165, 1.54) is 6.42 Å². The van der Waals surface area contributed by atoms with E-state index in [0.717, 1.165) is 36.8 Å². The van der Waals surface area contributed by atoms with Gasteiger partial charge in [0.1, 0.15) is 11.7 Å². The summed E-state index contributed by atoms with van der Waals surface area (Å²) in [4.78, 5) is 34.8. The number of rotatable bonds is 6. The van der Waals surface area contributed by atoms with Gasteiger partial charge in [-0.3, -0.25) is 9.59 Å². The molecular formula is C28H37N3O4. The summed E-state index contributed by atoms with van der Waals surface area (Å²) in [5.74, 6) is 0.276. The molecular weight excluding hydrogens is 442 g/mol. The third kappa shape index (κ3) is 5.67. The van der Waals surface area contributed by atoms with Crippen LogP contribution in [0, 0.1) is 11.8 Å². The summed E-state index contributed by atoms with van der Waals surface area (Å²) in [7, 11) is 1.85. The molecule has 0 unspecified atom stereocenters. The van der Waals surface area contributed by atoms with Gasteiger partial charge in [0.2, 0.25) is 11.8 Å².